The highest BCUT2D eigenvalue weighted by Crippen LogP contribution is 2.18. The minimum atomic E-state index is 0.607. The van der Waals surface area contributed by atoms with Gasteiger partial charge in [0.2, 0.25) is 0 Å². The highest BCUT2D eigenvalue weighted by atomic mass is 16.5. The lowest BCUT2D eigenvalue weighted by Gasteiger charge is -2.25. The van der Waals surface area contributed by atoms with Crippen LogP contribution >= 0.6 is 0 Å². The van der Waals surface area contributed by atoms with Crippen molar-refractivity contribution in [2.45, 2.75) is 39.7 Å². The summed E-state index contributed by atoms with van der Waals surface area (Å²) in [7, 11) is 1.72. The molecule has 1 atom stereocenters. The van der Waals surface area contributed by atoms with Crippen molar-refractivity contribution in [3.8, 4) is 0 Å². The molecule has 0 aromatic rings. The van der Waals surface area contributed by atoms with Crippen LogP contribution in [0.2, 0.25) is 0 Å². The molecule has 0 spiro atoms. The van der Waals surface area contributed by atoms with Gasteiger partial charge in [-0.3, -0.25) is 9.89 Å². The Morgan fingerprint density at radius 1 is 1.40 bits per heavy atom. The molecule has 1 aliphatic rings. The van der Waals surface area contributed by atoms with E-state index in [1.165, 1.54) is 25.9 Å². The maximum Gasteiger partial charge on any atom is 0.191 e. The van der Waals surface area contributed by atoms with Crippen LogP contribution in [0.3, 0.4) is 0 Å². The van der Waals surface area contributed by atoms with Gasteiger partial charge >= 0.3 is 0 Å². The minimum Gasteiger partial charge on any atom is -0.383 e. The topological polar surface area (TPSA) is 48.9 Å². The van der Waals surface area contributed by atoms with Crippen molar-refractivity contribution in [1.82, 2.24) is 15.5 Å². The van der Waals surface area contributed by atoms with Crippen LogP contribution in [-0.2, 0) is 4.74 Å². The van der Waals surface area contributed by atoms with Gasteiger partial charge in [-0.2, -0.15) is 0 Å². The Morgan fingerprint density at radius 2 is 2.20 bits per heavy atom. The fourth-order valence-electron chi connectivity index (χ4n) is 2.62. The van der Waals surface area contributed by atoms with Gasteiger partial charge < -0.3 is 15.4 Å². The van der Waals surface area contributed by atoms with Gasteiger partial charge in [0.25, 0.3) is 0 Å². The first-order valence-corrected chi connectivity index (χ1v) is 7.92. The van der Waals surface area contributed by atoms with Crippen LogP contribution in [0.5, 0.6) is 0 Å². The third-order valence-electron chi connectivity index (χ3n) is 3.50. The zero-order valence-corrected chi connectivity index (χ0v) is 13.6. The van der Waals surface area contributed by atoms with E-state index in [2.05, 4.69) is 36.3 Å². The molecule has 20 heavy (non-hydrogen) atoms. The number of nitrogens with one attached hydrogen (secondary N) is 2. The SMILES string of the molecule is CCNC(=NC[C@H]1CCCN1CC(C)C)NCCOC. The maximum absolute atomic E-state index is 5.06. The van der Waals surface area contributed by atoms with Crippen molar-refractivity contribution in [2.75, 3.05) is 46.4 Å². The predicted octanol–water partition coefficient (Wildman–Crippen LogP) is 1.31. The molecule has 0 aromatic heterocycles. The van der Waals surface area contributed by atoms with E-state index in [4.69, 9.17) is 9.73 Å². The number of hydrogen-bond acceptors (Lipinski definition) is 3. The maximum atomic E-state index is 5.06. The Hall–Kier alpha value is -0.810. The van der Waals surface area contributed by atoms with Crippen LogP contribution < -0.4 is 10.6 Å². The van der Waals surface area contributed by atoms with Gasteiger partial charge in [-0.25, -0.2) is 0 Å². The first-order chi connectivity index (χ1) is 9.67. The molecule has 0 amide bonds. The van der Waals surface area contributed by atoms with Crippen molar-refractivity contribution in [3.05, 3.63) is 0 Å². The van der Waals surface area contributed by atoms with E-state index in [1.807, 2.05) is 0 Å². The van der Waals surface area contributed by atoms with E-state index >= 15 is 0 Å². The molecule has 1 rings (SSSR count). The number of methoxy groups -OCH3 is 1. The summed E-state index contributed by atoms with van der Waals surface area (Å²) < 4.78 is 5.06. The van der Waals surface area contributed by atoms with Crippen molar-refractivity contribution in [3.63, 3.8) is 0 Å². The van der Waals surface area contributed by atoms with E-state index < -0.39 is 0 Å². The molecule has 0 bridgehead atoms. The number of likely N-dealkylation sites (tertiary alicyclic amines) is 1. The number of hydrogen-bond donors (Lipinski definition) is 2. The van der Waals surface area contributed by atoms with Crippen molar-refractivity contribution >= 4 is 5.96 Å². The molecule has 0 aromatic carbocycles. The van der Waals surface area contributed by atoms with E-state index in [-0.39, 0.29) is 0 Å². The smallest absolute Gasteiger partial charge is 0.191 e. The highest BCUT2D eigenvalue weighted by molar-refractivity contribution is 5.79. The number of ether oxygens (including phenoxy) is 1. The molecule has 0 saturated carbocycles. The molecular formula is C15H32N4O. The Labute approximate surface area is 124 Å². The van der Waals surface area contributed by atoms with Crippen LogP contribution in [-0.4, -0.2) is 63.3 Å². The Kier molecular flexibility index (Phi) is 8.62. The lowest BCUT2D eigenvalue weighted by Crippen LogP contribution is -2.40. The molecule has 1 fully saturated rings. The summed E-state index contributed by atoms with van der Waals surface area (Å²) in [5, 5.41) is 6.58. The quantitative estimate of drug-likeness (QED) is 0.401. The number of aliphatic imine (C=N–C) groups is 1. The molecule has 2 N–H and O–H groups in total. The lowest BCUT2D eigenvalue weighted by atomic mass is 10.2. The summed E-state index contributed by atoms with van der Waals surface area (Å²) in [5.74, 6) is 1.63. The first kappa shape index (κ1) is 17.2. The summed E-state index contributed by atoms with van der Waals surface area (Å²) in [4.78, 5) is 7.31. The second kappa shape index (κ2) is 10.00. The lowest BCUT2D eigenvalue weighted by molar-refractivity contribution is 0.203. The normalized spacial score (nSPS) is 20.6. The van der Waals surface area contributed by atoms with Crippen molar-refractivity contribution < 1.29 is 4.74 Å². The van der Waals surface area contributed by atoms with E-state index in [0.29, 0.717) is 12.6 Å². The van der Waals surface area contributed by atoms with E-state index in [9.17, 15) is 0 Å². The predicted molar refractivity (Wildman–Crippen MR) is 85.3 cm³/mol. The Balaban J connectivity index is 2.43. The monoisotopic (exact) mass is 284 g/mol. The molecule has 5 nitrogen and oxygen atoms in total. The van der Waals surface area contributed by atoms with Gasteiger partial charge in [0.15, 0.2) is 5.96 Å². The van der Waals surface area contributed by atoms with Crippen LogP contribution in [0.4, 0.5) is 0 Å². The van der Waals surface area contributed by atoms with Crippen molar-refractivity contribution in [2.24, 2.45) is 10.9 Å². The molecular weight excluding hydrogens is 252 g/mol. The van der Waals surface area contributed by atoms with Crippen LogP contribution in [0.1, 0.15) is 33.6 Å². The third kappa shape index (κ3) is 6.57. The standard InChI is InChI=1S/C15H32N4O/c1-5-16-15(17-8-10-20-4)18-11-14-7-6-9-19(14)12-13(2)3/h13-14H,5-12H2,1-4H3,(H2,16,17,18)/t14-/m1/s1. The van der Waals surface area contributed by atoms with Crippen molar-refractivity contribution in [1.29, 1.82) is 0 Å². The summed E-state index contributed by atoms with van der Waals surface area (Å²) >= 11 is 0. The van der Waals surface area contributed by atoms with Crippen LogP contribution in [0, 0.1) is 5.92 Å². The zero-order valence-electron chi connectivity index (χ0n) is 13.6. The molecule has 5 heteroatoms. The summed E-state index contributed by atoms with van der Waals surface area (Å²) in [6.07, 6.45) is 2.58. The molecule has 0 aliphatic carbocycles. The molecule has 118 valence electrons. The number of rotatable bonds is 8. The average molecular weight is 284 g/mol. The summed E-state index contributed by atoms with van der Waals surface area (Å²) in [5.41, 5.74) is 0. The number of nitrogens with zero attached hydrogens (tertiary/aromatic N) is 2. The fraction of sp³-hybridized carbons (Fsp3) is 0.933. The Morgan fingerprint density at radius 3 is 2.85 bits per heavy atom. The largest absolute Gasteiger partial charge is 0.383 e. The van der Waals surface area contributed by atoms with Gasteiger partial charge in [0, 0.05) is 32.8 Å². The van der Waals surface area contributed by atoms with Gasteiger partial charge in [0.05, 0.1) is 13.2 Å². The van der Waals surface area contributed by atoms with Gasteiger partial charge in [0.1, 0.15) is 0 Å². The molecule has 1 heterocycles. The van der Waals surface area contributed by atoms with Gasteiger partial charge in [-0.05, 0) is 32.2 Å². The fourth-order valence-corrected chi connectivity index (χ4v) is 2.62. The van der Waals surface area contributed by atoms with Gasteiger partial charge in [-0.15, -0.1) is 0 Å². The zero-order chi connectivity index (χ0) is 14.8. The second-order valence-corrected chi connectivity index (χ2v) is 5.82. The van der Waals surface area contributed by atoms with E-state index in [0.717, 1.165) is 31.5 Å². The molecule has 0 unspecified atom stereocenters. The summed E-state index contributed by atoms with van der Waals surface area (Å²) in [6.45, 7) is 12.3. The average Bonchev–Trinajstić information content (AvgIpc) is 2.82. The highest BCUT2D eigenvalue weighted by Gasteiger charge is 2.24. The van der Waals surface area contributed by atoms with Crippen LogP contribution in [0.15, 0.2) is 4.99 Å². The Bertz CT molecular complexity index is 281. The molecule has 0 radical (unpaired) electrons. The minimum absolute atomic E-state index is 0.607. The van der Waals surface area contributed by atoms with Gasteiger partial charge in [-0.1, -0.05) is 13.8 Å². The first-order valence-electron chi connectivity index (χ1n) is 7.92. The molecule has 1 aliphatic heterocycles. The van der Waals surface area contributed by atoms with E-state index in [1.54, 1.807) is 7.11 Å². The second-order valence-electron chi connectivity index (χ2n) is 5.82. The third-order valence-corrected chi connectivity index (χ3v) is 3.50. The summed E-state index contributed by atoms with van der Waals surface area (Å²) in [6, 6.07) is 0.607. The number of guanidine groups is 1. The van der Waals surface area contributed by atoms with Crippen LogP contribution in [0.25, 0.3) is 0 Å². The molecule has 1 saturated heterocycles.